The molecule has 0 fully saturated rings. The third-order valence-electron chi connectivity index (χ3n) is 4.98. The molecular weight excluding hydrogens is 359 g/mol. The number of rotatable bonds is 4. The van der Waals surface area contributed by atoms with Gasteiger partial charge in [0.25, 0.3) is 5.56 Å². The summed E-state index contributed by atoms with van der Waals surface area (Å²) in [6.07, 6.45) is 1.47. The maximum Gasteiger partial charge on any atom is 0.349 e. The van der Waals surface area contributed by atoms with Crippen molar-refractivity contribution in [1.29, 1.82) is 0 Å². The summed E-state index contributed by atoms with van der Waals surface area (Å²) in [4.78, 5) is 34.7. The van der Waals surface area contributed by atoms with Gasteiger partial charge in [-0.1, -0.05) is 12.1 Å². The predicted octanol–water partition coefficient (Wildman–Crippen LogP) is 2.97. The molecule has 0 saturated carbocycles. The van der Waals surface area contributed by atoms with Crippen LogP contribution >= 0.6 is 0 Å². The summed E-state index contributed by atoms with van der Waals surface area (Å²) in [7, 11) is 0. The van der Waals surface area contributed by atoms with Crippen LogP contribution in [0.25, 0.3) is 22.6 Å². The molecule has 0 aliphatic carbocycles. The highest BCUT2D eigenvalue weighted by Gasteiger charge is 2.19. The quantitative estimate of drug-likeness (QED) is 0.554. The van der Waals surface area contributed by atoms with Gasteiger partial charge in [-0.05, 0) is 67.6 Å². The Labute approximate surface area is 160 Å². The van der Waals surface area contributed by atoms with Crippen LogP contribution in [-0.2, 0) is 13.0 Å². The van der Waals surface area contributed by atoms with E-state index in [-0.39, 0.29) is 17.3 Å². The number of benzene rings is 2. The summed E-state index contributed by atoms with van der Waals surface area (Å²) in [5.41, 5.74) is 3.62. The Kier molecular flexibility index (Phi) is 4.50. The summed E-state index contributed by atoms with van der Waals surface area (Å²) >= 11 is 0. The third-order valence-corrected chi connectivity index (χ3v) is 4.98. The number of hydrogen-bond donors (Lipinski definition) is 1. The molecule has 2 aliphatic heterocycles. The molecular formula is C21H19FN4O2. The number of fused-ring (bicyclic) bond motifs is 2. The zero-order valence-electron chi connectivity index (χ0n) is 15.6. The maximum atomic E-state index is 13.1. The molecule has 0 bridgehead atoms. The van der Waals surface area contributed by atoms with Crippen LogP contribution in [0.15, 0.2) is 46.0 Å². The number of hydrogen-bond acceptors (Lipinski definition) is 4. The lowest BCUT2D eigenvalue weighted by atomic mass is 10.1. The second kappa shape index (κ2) is 6.99. The van der Waals surface area contributed by atoms with E-state index in [0.29, 0.717) is 12.1 Å². The lowest BCUT2D eigenvalue weighted by Gasteiger charge is -2.17. The second-order valence-corrected chi connectivity index (χ2v) is 6.96. The highest BCUT2D eigenvalue weighted by Crippen LogP contribution is 2.24. The molecule has 1 N–H and O–H groups in total. The fourth-order valence-corrected chi connectivity index (χ4v) is 3.37. The SMILES string of the molecule is Cc1cc2nc3c(=O)[nH]c(=O)nc-3n(CCCc3ccc(F)cc3)c2cc1C. The summed E-state index contributed by atoms with van der Waals surface area (Å²) in [6.45, 7) is 4.54. The van der Waals surface area contributed by atoms with Crippen molar-refractivity contribution in [3.63, 3.8) is 0 Å². The van der Waals surface area contributed by atoms with Crippen LogP contribution in [0.3, 0.4) is 0 Å². The minimum absolute atomic E-state index is 0.150. The standard InChI is InChI=1S/C21H19FN4O2/c1-12-10-16-17(11-13(12)2)26(9-3-4-14-5-7-15(22)8-6-14)19-18(23-16)20(27)25-21(28)24-19/h5-8,10-11H,3-4,9H2,1-2H3,(H,25,27,28). The van der Waals surface area contributed by atoms with Crippen molar-refractivity contribution in [3.8, 4) is 11.5 Å². The van der Waals surface area contributed by atoms with E-state index >= 15 is 0 Å². The van der Waals surface area contributed by atoms with E-state index in [1.807, 2.05) is 30.5 Å². The van der Waals surface area contributed by atoms with Crippen molar-refractivity contribution in [1.82, 2.24) is 19.5 Å². The van der Waals surface area contributed by atoms with Crippen LogP contribution in [0.4, 0.5) is 4.39 Å². The molecule has 0 saturated heterocycles. The van der Waals surface area contributed by atoms with E-state index in [0.717, 1.165) is 35.0 Å². The fourth-order valence-electron chi connectivity index (χ4n) is 3.37. The lowest BCUT2D eigenvalue weighted by molar-refractivity contribution is 0.624. The van der Waals surface area contributed by atoms with Gasteiger partial charge in [0.15, 0.2) is 11.5 Å². The molecule has 2 aromatic carbocycles. The van der Waals surface area contributed by atoms with Crippen LogP contribution in [0, 0.1) is 19.7 Å². The van der Waals surface area contributed by atoms with Crippen molar-refractivity contribution < 1.29 is 4.39 Å². The van der Waals surface area contributed by atoms with Crippen molar-refractivity contribution in [3.05, 3.63) is 79.7 Å². The zero-order chi connectivity index (χ0) is 19.8. The number of nitrogens with one attached hydrogen (secondary N) is 1. The highest BCUT2D eigenvalue weighted by molar-refractivity contribution is 5.81. The average molecular weight is 378 g/mol. The number of nitrogens with zero attached hydrogens (tertiary/aromatic N) is 3. The number of halogens is 1. The molecule has 0 spiro atoms. The molecule has 2 aliphatic rings. The normalized spacial score (nSPS) is 11.4. The van der Waals surface area contributed by atoms with Crippen molar-refractivity contribution in [2.45, 2.75) is 33.2 Å². The molecule has 0 amide bonds. The summed E-state index contributed by atoms with van der Waals surface area (Å²) < 4.78 is 15.0. The van der Waals surface area contributed by atoms with Gasteiger partial charge < -0.3 is 4.57 Å². The second-order valence-electron chi connectivity index (χ2n) is 6.96. The number of aromatic amines is 1. The van der Waals surface area contributed by atoms with Crippen LogP contribution in [0.5, 0.6) is 0 Å². The van der Waals surface area contributed by atoms with Gasteiger partial charge in [0.1, 0.15) is 5.82 Å². The van der Waals surface area contributed by atoms with Crippen LogP contribution in [0.1, 0.15) is 23.1 Å². The molecule has 2 aromatic rings. The maximum absolute atomic E-state index is 13.1. The van der Waals surface area contributed by atoms with Crippen LogP contribution < -0.4 is 11.2 Å². The first-order chi connectivity index (χ1) is 13.4. The molecule has 142 valence electrons. The minimum atomic E-state index is -0.685. The molecule has 0 aromatic heterocycles. The van der Waals surface area contributed by atoms with Crippen molar-refractivity contribution in [2.75, 3.05) is 0 Å². The van der Waals surface area contributed by atoms with Gasteiger partial charge in [-0.25, -0.2) is 14.2 Å². The van der Waals surface area contributed by atoms with Crippen LogP contribution in [-0.4, -0.2) is 19.5 Å². The fraction of sp³-hybridized carbons (Fsp3) is 0.238. The number of H-pyrrole nitrogens is 1. The van der Waals surface area contributed by atoms with E-state index < -0.39 is 11.2 Å². The van der Waals surface area contributed by atoms with Gasteiger partial charge in [-0.15, -0.1) is 0 Å². The Balaban J connectivity index is 1.81. The first kappa shape index (κ1) is 18.0. The first-order valence-corrected chi connectivity index (χ1v) is 9.08. The molecule has 4 rings (SSSR count). The van der Waals surface area contributed by atoms with Gasteiger partial charge in [-0.2, -0.15) is 4.98 Å². The molecule has 7 heteroatoms. The Bertz CT molecular complexity index is 1260. The van der Waals surface area contributed by atoms with Gasteiger partial charge in [-0.3, -0.25) is 9.78 Å². The Morgan fingerprint density at radius 1 is 1.04 bits per heavy atom. The molecule has 0 atom stereocenters. The first-order valence-electron chi connectivity index (χ1n) is 9.08. The Morgan fingerprint density at radius 2 is 1.75 bits per heavy atom. The smallest absolute Gasteiger partial charge is 0.322 e. The highest BCUT2D eigenvalue weighted by atomic mass is 19.1. The topological polar surface area (TPSA) is 80.6 Å². The van der Waals surface area contributed by atoms with E-state index in [4.69, 9.17) is 0 Å². The van der Waals surface area contributed by atoms with Crippen LogP contribution in [0.2, 0.25) is 0 Å². The van der Waals surface area contributed by atoms with E-state index in [1.165, 1.54) is 12.1 Å². The van der Waals surface area contributed by atoms with Gasteiger partial charge >= 0.3 is 5.69 Å². The molecule has 28 heavy (non-hydrogen) atoms. The summed E-state index contributed by atoms with van der Waals surface area (Å²) in [6, 6.07) is 10.3. The summed E-state index contributed by atoms with van der Waals surface area (Å²) in [5, 5.41) is 0. The van der Waals surface area contributed by atoms with Crippen molar-refractivity contribution in [2.24, 2.45) is 0 Å². The van der Waals surface area contributed by atoms with E-state index in [2.05, 4.69) is 15.0 Å². The Hall–Kier alpha value is -3.35. The number of aryl methyl sites for hydroxylation is 4. The van der Waals surface area contributed by atoms with Crippen molar-refractivity contribution >= 4 is 11.0 Å². The average Bonchev–Trinajstić information content (AvgIpc) is 2.65. The summed E-state index contributed by atoms with van der Waals surface area (Å²) in [5.74, 6) is 0.0186. The largest absolute Gasteiger partial charge is 0.349 e. The molecule has 6 nitrogen and oxygen atoms in total. The van der Waals surface area contributed by atoms with Gasteiger partial charge in [0.05, 0.1) is 11.0 Å². The minimum Gasteiger partial charge on any atom is -0.322 e. The third kappa shape index (κ3) is 3.31. The number of aromatic nitrogens is 4. The molecule has 2 heterocycles. The Morgan fingerprint density at radius 3 is 2.50 bits per heavy atom. The zero-order valence-corrected chi connectivity index (χ0v) is 15.6. The van der Waals surface area contributed by atoms with E-state index in [9.17, 15) is 14.0 Å². The molecule has 0 radical (unpaired) electrons. The van der Waals surface area contributed by atoms with E-state index in [1.54, 1.807) is 12.1 Å². The van der Waals surface area contributed by atoms with Gasteiger partial charge in [0.2, 0.25) is 0 Å². The molecule has 0 unspecified atom stereocenters. The lowest BCUT2D eigenvalue weighted by Crippen LogP contribution is -2.29. The monoisotopic (exact) mass is 378 g/mol. The van der Waals surface area contributed by atoms with Gasteiger partial charge in [0, 0.05) is 6.54 Å². The predicted molar refractivity (Wildman–Crippen MR) is 105 cm³/mol.